The number of likely N-dealkylation sites (N-methyl/N-ethyl adjacent to an activating group) is 1. The fourth-order valence-electron chi connectivity index (χ4n) is 4.46. The predicted molar refractivity (Wildman–Crippen MR) is 134 cm³/mol. The molecule has 1 aromatic rings. The molecule has 34 heavy (non-hydrogen) atoms. The zero-order valence-corrected chi connectivity index (χ0v) is 21.9. The second-order valence-corrected chi connectivity index (χ2v) is 10.6. The smallest absolute Gasteiger partial charge is 0.408 e. The van der Waals surface area contributed by atoms with E-state index in [9.17, 15) is 14.4 Å². The van der Waals surface area contributed by atoms with Gasteiger partial charge in [-0.25, -0.2) is 4.79 Å². The lowest BCUT2D eigenvalue weighted by Gasteiger charge is -2.36. The summed E-state index contributed by atoms with van der Waals surface area (Å²) < 4.78 is 5.39. The van der Waals surface area contributed by atoms with E-state index in [1.807, 2.05) is 52.0 Å². The van der Waals surface area contributed by atoms with Crippen molar-refractivity contribution in [3.05, 3.63) is 35.4 Å². The van der Waals surface area contributed by atoms with Gasteiger partial charge < -0.3 is 20.3 Å². The van der Waals surface area contributed by atoms with Gasteiger partial charge in [-0.2, -0.15) is 0 Å². The van der Waals surface area contributed by atoms with E-state index in [0.717, 1.165) is 36.8 Å². The fraction of sp³-hybridized carbons (Fsp3) is 0.667. The normalized spacial score (nSPS) is 16.5. The fourth-order valence-corrected chi connectivity index (χ4v) is 4.46. The highest BCUT2D eigenvalue weighted by Gasteiger charge is 2.37. The molecule has 190 valence electrons. The van der Waals surface area contributed by atoms with Crippen LogP contribution < -0.4 is 10.6 Å². The number of hydrogen-bond donors (Lipinski definition) is 2. The van der Waals surface area contributed by atoms with Gasteiger partial charge in [0.1, 0.15) is 17.7 Å². The molecule has 7 heteroatoms. The average Bonchev–Trinajstić information content (AvgIpc) is 2.75. The summed E-state index contributed by atoms with van der Waals surface area (Å²) in [6.07, 6.45) is 4.67. The highest BCUT2D eigenvalue weighted by molar-refractivity contribution is 5.92. The molecule has 1 saturated carbocycles. The number of rotatable bonds is 8. The molecule has 1 fully saturated rings. The van der Waals surface area contributed by atoms with E-state index in [2.05, 4.69) is 10.6 Å². The second-order valence-electron chi connectivity index (χ2n) is 10.6. The van der Waals surface area contributed by atoms with E-state index in [-0.39, 0.29) is 23.8 Å². The Morgan fingerprint density at radius 3 is 2.24 bits per heavy atom. The lowest BCUT2D eigenvalue weighted by molar-refractivity contribution is -0.143. The van der Waals surface area contributed by atoms with E-state index >= 15 is 0 Å². The monoisotopic (exact) mass is 473 g/mol. The number of hydrogen-bond acceptors (Lipinski definition) is 4. The molecule has 1 aliphatic carbocycles. The number of carbonyl (C=O) groups excluding carboxylic acids is 3. The van der Waals surface area contributed by atoms with E-state index < -0.39 is 23.8 Å². The third-order valence-corrected chi connectivity index (χ3v) is 6.22. The van der Waals surface area contributed by atoms with Crippen LogP contribution in [0.5, 0.6) is 0 Å². The summed E-state index contributed by atoms with van der Waals surface area (Å²) in [5, 5.41) is 5.95. The van der Waals surface area contributed by atoms with E-state index in [4.69, 9.17) is 4.74 Å². The van der Waals surface area contributed by atoms with Gasteiger partial charge in [-0.05, 0) is 64.5 Å². The Kier molecular flexibility index (Phi) is 9.95. The van der Waals surface area contributed by atoms with Crippen LogP contribution in [0.1, 0.15) is 90.8 Å². The first-order valence-electron chi connectivity index (χ1n) is 12.6. The van der Waals surface area contributed by atoms with Crippen molar-refractivity contribution in [1.29, 1.82) is 0 Å². The molecule has 0 aromatic heterocycles. The Morgan fingerprint density at radius 1 is 1.09 bits per heavy atom. The Morgan fingerprint density at radius 2 is 1.71 bits per heavy atom. The standard InChI is InChI=1S/C27H43N3O4/c1-8-30(25(32)22(18(2)3)29-26(33)34-27(5,6)7)23(21-17-13-12-14-19(21)4)24(31)28-20-15-10-9-11-16-20/h12-14,17-18,20,22-23H,8-11,15-16H2,1-7H3,(H,28,31)(H,29,33). The minimum Gasteiger partial charge on any atom is -0.444 e. The van der Waals surface area contributed by atoms with Gasteiger partial charge in [0.15, 0.2) is 0 Å². The molecule has 0 aliphatic heterocycles. The van der Waals surface area contributed by atoms with Crippen molar-refractivity contribution < 1.29 is 19.1 Å². The molecular weight excluding hydrogens is 430 g/mol. The maximum absolute atomic E-state index is 13.8. The van der Waals surface area contributed by atoms with E-state index in [1.165, 1.54) is 6.42 Å². The molecule has 0 heterocycles. The molecule has 2 rings (SSSR count). The van der Waals surface area contributed by atoms with Crippen LogP contribution in [-0.2, 0) is 14.3 Å². The molecule has 3 amide bonds. The summed E-state index contributed by atoms with van der Waals surface area (Å²) in [6, 6.07) is 6.21. The largest absolute Gasteiger partial charge is 0.444 e. The number of nitrogens with one attached hydrogen (secondary N) is 2. The van der Waals surface area contributed by atoms with Gasteiger partial charge in [0, 0.05) is 12.6 Å². The summed E-state index contributed by atoms with van der Waals surface area (Å²) in [5.74, 6) is -0.653. The number of alkyl carbamates (subject to hydrolysis) is 1. The van der Waals surface area contributed by atoms with Gasteiger partial charge in [0.05, 0.1) is 0 Å². The Balaban J connectivity index is 2.36. The molecule has 7 nitrogen and oxygen atoms in total. The maximum Gasteiger partial charge on any atom is 0.408 e. The zero-order chi connectivity index (χ0) is 25.5. The van der Waals surface area contributed by atoms with Crippen molar-refractivity contribution in [2.24, 2.45) is 5.92 Å². The summed E-state index contributed by atoms with van der Waals surface area (Å²) in [7, 11) is 0. The van der Waals surface area contributed by atoms with Crippen LogP contribution in [0.25, 0.3) is 0 Å². The summed E-state index contributed by atoms with van der Waals surface area (Å²) in [5.41, 5.74) is 1.06. The van der Waals surface area contributed by atoms with Crippen LogP contribution in [-0.4, -0.2) is 47.0 Å². The summed E-state index contributed by atoms with van der Waals surface area (Å²) in [4.78, 5) is 41.6. The van der Waals surface area contributed by atoms with E-state index in [1.54, 1.807) is 25.7 Å². The molecule has 0 radical (unpaired) electrons. The Hall–Kier alpha value is -2.57. The molecule has 0 spiro atoms. The molecule has 0 bridgehead atoms. The quantitative estimate of drug-likeness (QED) is 0.563. The SMILES string of the molecule is CCN(C(=O)C(NC(=O)OC(C)(C)C)C(C)C)C(C(=O)NC1CCCCC1)c1ccccc1C. The number of ether oxygens (including phenoxy) is 1. The van der Waals surface area contributed by atoms with Crippen molar-refractivity contribution in [1.82, 2.24) is 15.5 Å². The molecular formula is C27H43N3O4. The van der Waals surface area contributed by atoms with Crippen molar-refractivity contribution in [2.45, 2.75) is 104 Å². The molecule has 0 saturated heterocycles. The second kappa shape index (κ2) is 12.2. The minimum atomic E-state index is -0.816. The first-order valence-corrected chi connectivity index (χ1v) is 12.6. The highest BCUT2D eigenvalue weighted by Crippen LogP contribution is 2.27. The molecule has 1 aliphatic rings. The first kappa shape index (κ1) is 27.7. The third kappa shape index (κ3) is 7.74. The van der Waals surface area contributed by atoms with Crippen molar-refractivity contribution in [3.63, 3.8) is 0 Å². The first-order chi connectivity index (χ1) is 15.9. The van der Waals surface area contributed by atoms with Gasteiger partial charge >= 0.3 is 6.09 Å². The summed E-state index contributed by atoms with van der Waals surface area (Å²) in [6.45, 7) is 13.2. The molecule has 2 N–H and O–H groups in total. The van der Waals surface area contributed by atoms with Gasteiger partial charge in [0.25, 0.3) is 0 Å². The molecule has 2 atom stereocenters. The van der Waals surface area contributed by atoms with Crippen LogP contribution in [0.15, 0.2) is 24.3 Å². The van der Waals surface area contributed by atoms with Gasteiger partial charge in [-0.15, -0.1) is 0 Å². The number of nitrogens with zero attached hydrogens (tertiary/aromatic N) is 1. The Bertz CT molecular complexity index is 841. The topological polar surface area (TPSA) is 87.7 Å². The third-order valence-electron chi connectivity index (χ3n) is 6.22. The number of aryl methyl sites for hydroxylation is 1. The molecule has 2 unspecified atom stereocenters. The lowest BCUT2D eigenvalue weighted by Crippen LogP contribution is -2.55. The minimum absolute atomic E-state index is 0.127. The Labute approximate surface area is 205 Å². The van der Waals surface area contributed by atoms with Gasteiger partial charge in [-0.3, -0.25) is 9.59 Å². The van der Waals surface area contributed by atoms with Crippen LogP contribution in [0, 0.1) is 12.8 Å². The van der Waals surface area contributed by atoms with Crippen LogP contribution in [0.3, 0.4) is 0 Å². The predicted octanol–water partition coefficient (Wildman–Crippen LogP) is 4.88. The number of benzene rings is 1. The number of amides is 3. The van der Waals surface area contributed by atoms with Crippen molar-refractivity contribution in [2.75, 3.05) is 6.54 Å². The van der Waals surface area contributed by atoms with E-state index in [0.29, 0.717) is 6.54 Å². The van der Waals surface area contributed by atoms with Gasteiger partial charge in [-0.1, -0.05) is 57.4 Å². The van der Waals surface area contributed by atoms with Crippen LogP contribution in [0.2, 0.25) is 0 Å². The summed E-state index contributed by atoms with van der Waals surface area (Å²) >= 11 is 0. The van der Waals surface area contributed by atoms with Gasteiger partial charge in [0.2, 0.25) is 11.8 Å². The molecule has 1 aromatic carbocycles. The number of carbonyl (C=O) groups is 3. The van der Waals surface area contributed by atoms with Crippen LogP contribution >= 0.6 is 0 Å². The maximum atomic E-state index is 13.8. The van der Waals surface area contributed by atoms with Crippen LogP contribution in [0.4, 0.5) is 4.79 Å². The highest BCUT2D eigenvalue weighted by atomic mass is 16.6. The lowest BCUT2D eigenvalue weighted by atomic mass is 9.93. The zero-order valence-electron chi connectivity index (χ0n) is 21.9. The van der Waals surface area contributed by atoms with Crippen molar-refractivity contribution >= 4 is 17.9 Å². The average molecular weight is 474 g/mol. The van der Waals surface area contributed by atoms with Crippen molar-refractivity contribution in [3.8, 4) is 0 Å².